The van der Waals surface area contributed by atoms with Crippen molar-refractivity contribution in [2.24, 2.45) is 0 Å². The average Bonchev–Trinajstić information content (AvgIpc) is 3.44. The molecule has 5 heteroatoms. The molecule has 1 atom stereocenters. The van der Waals surface area contributed by atoms with E-state index in [1.54, 1.807) is 0 Å². The zero-order valence-corrected chi connectivity index (χ0v) is 25.8. The predicted molar refractivity (Wildman–Crippen MR) is 187 cm³/mol. The SMILES string of the molecule is O=P1(c2ccccc2)c2ccccc2N(c2ccccc2)c2ccc(C3(c4ccccc4)c4cccnc4-c4ncccc43)cc21. The Kier molecular flexibility index (Phi) is 5.96. The van der Waals surface area contributed by atoms with E-state index < -0.39 is 12.6 Å². The van der Waals surface area contributed by atoms with Crippen LogP contribution in [0.5, 0.6) is 0 Å². The van der Waals surface area contributed by atoms with Crippen molar-refractivity contribution in [2.75, 3.05) is 4.90 Å². The third kappa shape index (κ3) is 3.59. The zero-order valence-electron chi connectivity index (χ0n) is 24.9. The van der Waals surface area contributed by atoms with Gasteiger partial charge in [0, 0.05) is 34.0 Å². The molecule has 2 aromatic heterocycles. The van der Waals surface area contributed by atoms with E-state index in [0.29, 0.717) is 0 Å². The summed E-state index contributed by atoms with van der Waals surface area (Å²) in [5.74, 6) is 0. The third-order valence-electron chi connectivity index (χ3n) is 9.44. The van der Waals surface area contributed by atoms with E-state index in [1.165, 1.54) is 0 Å². The number of rotatable bonds is 4. The molecule has 4 nitrogen and oxygen atoms in total. The first-order valence-electron chi connectivity index (χ1n) is 15.4. The number of hydrogen-bond acceptors (Lipinski definition) is 4. The van der Waals surface area contributed by atoms with Gasteiger partial charge in [-0.25, -0.2) is 0 Å². The highest BCUT2D eigenvalue weighted by Crippen LogP contribution is 2.58. The average molecular weight is 610 g/mol. The second-order valence-corrected chi connectivity index (χ2v) is 14.4. The maximum Gasteiger partial charge on any atom is 0.175 e. The van der Waals surface area contributed by atoms with Gasteiger partial charge in [0.1, 0.15) is 0 Å². The van der Waals surface area contributed by atoms with E-state index in [9.17, 15) is 0 Å². The van der Waals surface area contributed by atoms with Crippen LogP contribution in [0.15, 0.2) is 170 Å². The number of aromatic nitrogens is 2. The van der Waals surface area contributed by atoms with E-state index in [-0.39, 0.29) is 0 Å². The van der Waals surface area contributed by atoms with E-state index in [1.807, 2.05) is 97.3 Å². The normalized spacial score (nSPS) is 17.0. The van der Waals surface area contributed by atoms with Gasteiger partial charge in [-0.3, -0.25) is 9.97 Å². The molecule has 1 unspecified atom stereocenters. The molecule has 7 aromatic rings. The summed E-state index contributed by atoms with van der Waals surface area (Å²) in [4.78, 5) is 12.0. The molecular formula is C41H28N3OP. The lowest BCUT2D eigenvalue weighted by molar-refractivity contribution is 0.592. The summed E-state index contributed by atoms with van der Waals surface area (Å²) in [5.41, 5.74) is 8.20. The van der Waals surface area contributed by atoms with Crippen LogP contribution in [-0.4, -0.2) is 9.97 Å². The van der Waals surface area contributed by atoms with Gasteiger partial charge in [0.15, 0.2) is 7.14 Å². The molecule has 0 bridgehead atoms. The maximum atomic E-state index is 16.1. The van der Waals surface area contributed by atoms with Gasteiger partial charge in [-0.05, 0) is 70.8 Å². The first-order chi connectivity index (χ1) is 22.7. The van der Waals surface area contributed by atoms with Crippen LogP contribution < -0.4 is 20.8 Å². The molecular weight excluding hydrogens is 581 g/mol. The van der Waals surface area contributed by atoms with Gasteiger partial charge >= 0.3 is 0 Å². The first-order valence-corrected chi connectivity index (χ1v) is 17.2. The molecule has 0 spiro atoms. The van der Waals surface area contributed by atoms with Crippen LogP contribution in [0.4, 0.5) is 17.1 Å². The quantitative estimate of drug-likeness (QED) is 0.189. The fourth-order valence-electron chi connectivity index (χ4n) is 7.56. The highest BCUT2D eigenvalue weighted by atomic mass is 31.2. The lowest BCUT2D eigenvalue weighted by Gasteiger charge is -2.40. The van der Waals surface area contributed by atoms with Crippen molar-refractivity contribution in [2.45, 2.75) is 5.41 Å². The molecule has 46 heavy (non-hydrogen) atoms. The third-order valence-corrected chi connectivity index (χ3v) is 12.6. The lowest BCUT2D eigenvalue weighted by atomic mass is 9.68. The van der Waals surface area contributed by atoms with Gasteiger partial charge in [-0.1, -0.05) is 109 Å². The molecule has 3 heterocycles. The van der Waals surface area contributed by atoms with Gasteiger partial charge < -0.3 is 9.46 Å². The minimum Gasteiger partial charge on any atom is -0.309 e. The van der Waals surface area contributed by atoms with Crippen molar-refractivity contribution in [3.8, 4) is 11.4 Å². The first kappa shape index (κ1) is 26.8. The monoisotopic (exact) mass is 609 g/mol. The van der Waals surface area contributed by atoms with E-state index >= 15 is 4.57 Å². The minimum atomic E-state index is -3.33. The molecule has 0 amide bonds. The van der Waals surface area contributed by atoms with Crippen molar-refractivity contribution in [3.05, 3.63) is 192 Å². The summed E-state index contributed by atoms with van der Waals surface area (Å²) in [6.07, 6.45) is 3.67. The molecule has 9 rings (SSSR count). The van der Waals surface area contributed by atoms with Crippen LogP contribution in [0.3, 0.4) is 0 Å². The Balaban J connectivity index is 1.41. The number of hydrogen-bond donors (Lipinski definition) is 0. The van der Waals surface area contributed by atoms with Gasteiger partial charge in [0.05, 0.1) is 28.2 Å². The molecule has 5 aromatic carbocycles. The van der Waals surface area contributed by atoms with Gasteiger partial charge in [-0.2, -0.15) is 0 Å². The van der Waals surface area contributed by atoms with Crippen LogP contribution in [0.2, 0.25) is 0 Å². The predicted octanol–water partition coefficient (Wildman–Crippen LogP) is 8.26. The van der Waals surface area contributed by atoms with Crippen LogP contribution in [0.25, 0.3) is 11.4 Å². The van der Waals surface area contributed by atoms with E-state index in [4.69, 9.17) is 9.97 Å². The number of para-hydroxylation sites is 2. The Bertz CT molecular complexity index is 2260. The van der Waals surface area contributed by atoms with Gasteiger partial charge in [0.25, 0.3) is 0 Å². The van der Waals surface area contributed by atoms with E-state index in [0.717, 1.165) is 66.6 Å². The summed E-state index contributed by atoms with van der Waals surface area (Å²) in [6.45, 7) is 0. The van der Waals surface area contributed by atoms with E-state index in [2.05, 4.69) is 77.7 Å². The Morgan fingerprint density at radius 3 is 1.74 bits per heavy atom. The van der Waals surface area contributed by atoms with Crippen molar-refractivity contribution in [1.82, 2.24) is 9.97 Å². The van der Waals surface area contributed by atoms with Crippen molar-refractivity contribution in [1.29, 1.82) is 0 Å². The van der Waals surface area contributed by atoms with Crippen LogP contribution in [0, 0.1) is 0 Å². The molecule has 0 saturated carbocycles. The summed E-state index contributed by atoms with van der Waals surface area (Å²) >= 11 is 0. The van der Waals surface area contributed by atoms with Gasteiger partial charge in [-0.15, -0.1) is 0 Å². The Morgan fingerprint density at radius 2 is 1.07 bits per heavy atom. The van der Waals surface area contributed by atoms with Crippen LogP contribution >= 0.6 is 7.14 Å². The molecule has 1 aliphatic carbocycles. The number of fused-ring (bicyclic) bond motifs is 5. The topological polar surface area (TPSA) is 46.1 Å². The Morgan fingerprint density at radius 1 is 0.500 bits per heavy atom. The van der Waals surface area contributed by atoms with Crippen molar-refractivity contribution >= 4 is 40.1 Å². The zero-order chi connectivity index (χ0) is 30.7. The highest BCUT2D eigenvalue weighted by Gasteiger charge is 2.49. The molecule has 1 aliphatic heterocycles. The Labute approximate surface area is 268 Å². The van der Waals surface area contributed by atoms with Crippen molar-refractivity contribution < 1.29 is 4.57 Å². The molecule has 218 valence electrons. The maximum absolute atomic E-state index is 16.1. The fourth-order valence-corrected chi connectivity index (χ4v) is 10.6. The standard InChI is InChI=1S/C41H28N3OP/c45-46(32-18-8-3-9-19-32)37-23-11-10-22-35(37)44(31-16-6-2-7-17-31)36-25-24-30(28-38(36)46)41(29-14-4-1-5-15-29)33-20-12-26-42-39(33)40-34(41)21-13-27-43-40/h1-28H. The molecule has 0 saturated heterocycles. The minimum absolute atomic E-state index is 0.709. The fraction of sp³-hybridized carbons (Fsp3) is 0.0244. The second kappa shape index (κ2) is 10.2. The second-order valence-electron chi connectivity index (χ2n) is 11.7. The van der Waals surface area contributed by atoms with Gasteiger partial charge in [0.2, 0.25) is 0 Å². The summed E-state index contributed by atoms with van der Waals surface area (Å²) in [6, 6.07) is 54.0. The van der Waals surface area contributed by atoms with Crippen LogP contribution in [-0.2, 0) is 9.98 Å². The number of nitrogens with zero attached hydrogens (tertiary/aromatic N) is 3. The number of benzene rings is 5. The highest BCUT2D eigenvalue weighted by molar-refractivity contribution is 7.86. The molecule has 2 aliphatic rings. The summed E-state index contributed by atoms with van der Waals surface area (Å²) in [5, 5.41) is 2.47. The summed E-state index contributed by atoms with van der Waals surface area (Å²) < 4.78 is 16.1. The number of pyridine rings is 2. The summed E-state index contributed by atoms with van der Waals surface area (Å²) in [7, 11) is -3.33. The van der Waals surface area contributed by atoms with Crippen LogP contribution in [0.1, 0.15) is 22.3 Å². The molecule has 0 radical (unpaired) electrons. The largest absolute Gasteiger partial charge is 0.309 e. The molecule has 0 fully saturated rings. The smallest absolute Gasteiger partial charge is 0.175 e. The van der Waals surface area contributed by atoms with Crippen molar-refractivity contribution in [3.63, 3.8) is 0 Å². The number of anilines is 3. The lowest BCUT2D eigenvalue weighted by Crippen LogP contribution is -2.38. The molecule has 0 N–H and O–H groups in total. The Hall–Kier alpha value is -5.57.